The minimum Gasteiger partial charge on any atom is -0.494 e. The molecular weight excluding hydrogens is 372 g/mol. The predicted molar refractivity (Wildman–Crippen MR) is 114 cm³/mol. The fourth-order valence-corrected chi connectivity index (χ4v) is 3.06. The molecule has 2 N–H and O–H groups in total. The summed E-state index contributed by atoms with van der Waals surface area (Å²) in [5.74, 6) is 0.313. The van der Waals surface area contributed by atoms with Gasteiger partial charge in [0.25, 0.3) is 5.91 Å². The number of ether oxygens (including phenoxy) is 1. The smallest absolute Gasteiger partial charge is 0.255 e. The Hall–Kier alpha value is -3.38. The second kappa shape index (κ2) is 9.53. The third-order valence-electron chi connectivity index (χ3n) is 3.78. The van der Waals surface area contributed by atoms with E-state index in [4.69, 9.17) is 4.74 Å². The summed E-state index contributed by atoms with van der Waals surface area (Å²) < 4.78 is 5.38. The molecule has 0 saturated carbocycles. The molecule has 0 aliphatic rings. The van der Waals surface area contributed by atoms with Gasteiger partial charge in [0.2, 0.25) is 5.91 Å². The van der Waals surface area contributed by atoms with Crippen LogP contribution in [0.25, 0.3) is 6.08 Å². The third kappa shape index (κ3) is 5.56. The molecule has 0 bridgehead atoms. The van der Waals surface area contributed by atoms with Crippen molar-refractivity contribution in [1.82, 2.24) is 0 Å². The van der Waals surface area contributed by atoms with Crippen LogP contribution >= 0.6 is 11.3 Å². The second-order valence-electron chi connectivity index (χ2n) is 5.83. The zero-order valence-corrected chi connectivity index (χ0v) is 16.2. The van der Waals surface area contributed by atoms with Gasteiger partial charge in [0.05, 0.1) is 6.61 Å². The molecule has 2 amide bonds. The average molecular weight is 392 g/mol. The number of nitrogens with one attached hydrogen (secondary N) is 2. The van der Waals surface area contributed by atoms with Crippen LogP contribution in [0.4, 0.5) is 11.4 Å². The van der Waals surface area contributed by atoms with E-state index in [0.29, 0.717) is 23.5 Å². The van der Waals surface area contributed by atoms with E-state index >= 15 is 0 Å². The quantitative estimate of drug-likeness (QED) is 0.553. The summed E-state index contributed by atoms with van der Waals surface area (Å²) in [7, 11) is 0. The Morgan fingerprint density at radius 1 is 0.964 bits per heavy atom. The number of carbonyl (C=O) groups is 2. The van der Waals surface area contributed by atoms with E-state index in [9.17, 15) is 9.59 Å². The molecule has 1 heterocycles. The van der Waals surface area contributed by atoms with Crippen LogP contribution < -0.4 is 15.4 Å². The van der Waals surface area contributed by atoms with Crippen molar-refractivity contribution in [3.63, 3.8) is 0 Å². The zero-order chi connectivity index (χ0) is 19.8. The molecule has 6 heteroatoms. The largest absolute Gasteiger partial charge is 0.494 e. The molecule has 5 nitrogen and oxygen atoms in total. The maximum atomic E-state index is 12.4. The van der Waals surface area contributed by atoms with Gasteiger partial charge in [-0.1, -0.05) is 6.07 Å². The maximum absolute atomic E-state index is 12.4. The lowest BCUT2D eigenvalue weighted by Crippen LogP contribution is -2.12. The molecule has 0 saturated heterocycles. The summed E-state index contributed by atoms with van der Waals surface area (Å²) in [6.45, 7) is 2.51. The summed E-state index contributed by atoms with van der Waals surface area (Å²) in [6, 6.07) is 17.8. The lowest BCUT2D eigenvalue weighted by atomic mass is 10.2. The first-order valence-corrected chi connectivity index (χ1v) is 9.69. The van der Waals surface area contributed by atoms with E-state index in [1.54, 1.807) is 65.9 Å². The molecule has 0 atom stereocenters. The van der Waals surface area contributed by atoms with Gasteiger partial charge in [-0.2, -0.15) is 0 Å². The van der Waals surface area contributed by atoms with Crippen LogP contribution in [0, 0.1) is 0 Å². The minimum absolute atomic E-state index is 0.222. The molecule has 2 aromatic carbocycles. The van der Waals surface area contributed by atoms with Crippen molar-refractivity contribution in [1.29, 1.82) is 0 Å². The fraction of sp³-hybridized carbons (Fsp3) is 0.0909. The number of thiophene rings is 1. The third-order valence-corrected chi connectivity index (χ3v) is 4.62. The monoisotopic (exact) mass is 392 g/mol. The normalized spacial score (nSPS) is 10.6. The van der Waals surface area contributed by atoms with Crippen LogP contribution in [-0.2, 0) is 4.79 Å². The van der Waals surface area contributed by atoms with Gasteiger partial charge in [-0.25, -0.2) is 0 Å². The van der Waals surface area contributed by atoms with Crippen molar-refractivity contribution in [2.75, 3.05) is 17.2 Å². The van der Waals surface area contributed by atoms with Crippen molar-refractivity contribution in [3.05, 3.63) is 82.6 Å². The van der Waals surface area contributed by atoms with Gasteiger partial charge in [-0.15, -0.1) is 11.3 Å². The number of anilines is 2. The minimum atomic E-state index is -0.223. The maximum Gasteiger partial charge on any atom is 0.255 e. The number of hydrogen-bond acceptors (Lipinski definition) is 4. The number of amides is 2. The van der Waals surface area contributed by atoms with Crippen molar-refractivity contribution in [3.8, 4) is 5.75 Å². The first kappa shape index (κ1) is 19.4. The summed E-state index contributed by atoms with van der Waals surface area (Å²) in [4.78, 5) is 25.3. The molecule has 0 aliphatic carbocycles. The zero-order valence-electron chi connectivity index (χ0n) is 15.3. The highest BCUT2D eigenvalue weighted by atomic mass is 32.1. The first-order chi connectivity index (χ1) is 13.6. The van der Waals surface area contributed by atoms with Gasteiger partial charge in [0, 0.05) is 27.9 Å². The van der Waals surface area contributed by atoms with Gasteiger partial charge in [-0.05, 0) is 73.0 Å². The fourth-order valence-electron chi connectivity index (χ4n) is 2.44. The summed E-state index contributed by atoms with van der Waals surface area (Å²) in [6.07, 6.45) is 3.25. The van der Waals surface area contributed by atoms with Crippen molar-refractivity contribution in [2.24, 2.45) is 0 Å². The number of benzene rings is 2. The summed E-state index contributed by atoms with van der Waals surface area (Å²) in [5, 5.41) is 7.56. The Morgan fingerprint density at radius 3 is 2.29 bits per heavy atom. The average Bonchev–Trinajstić information content (AvgIpc) is 3.22. The van der Waals surface area contributed by atoms with E-state index in [-0.39, 0.29) is 11.8 Å². The first-order valence-electron chi connectivity index (χ1n) is 8.81. The van der Waals surface area contributed by atoms with E-state index in [1.807, 2.05) is 24.4 Å². The van der Waals surface area contributed by atoms with Crippen molar-refractivity contribution in [2.45, 2.75) is 6.92 Å². The molecule has 0 radical (unpaired) electrons. The molecule has 142 valence electrons. The Morgan fingerprint density at radius 2 is 1.64 bits per heavy atom. The van der Waals surface area contributed by atoms with Gasteiger partial charge in [0.1, 0.15) is 5.75 Å². The van der Waals surface area contributed by atoms with E-state index in [0.717, 1.165) is 10.6 Å². The Balaban J connectivity index is 1.55. The Labute approximate surface area is 167 Å². The predicted octanol–water partition coefficient (Wildman–Crippen LogP) is 5.05. The molecule has 3 aromatic rings. The molecule has 3 rings (SSSR count). The van der Waals surface area contributed by atoms with Crippen LogP contribution in [0.2, 0.25) is 0 Å². The summed E-state index contributed by atoms with van der Waals surface area (Å²) >= 11 is 1.56. The highest BCUT2D eigenvalue weighted by Crippen LogP contribution is 2.17. The number of hydrogen-bond donors (Lipinski definition) is 2. The molecule has 0 unspecified atom stereocenters. The molecule has 0 spiro atoms. The van der Waals surface area contributed by atoms with Crippen LogP contribution in [0.5, 0.6) is 5.75 Å². The van der Waals surface area contributed by atoms with Gasteiger partial charge < -0.3 is 15.4 Å². The molecule has 1 aromatic heterocycles. The highest BCUT2D eigenvalue weighted by molar-refractivity contribution is 7.10. The van der Waals surface area contributed by atoms with Crippen LogP contribution in [-0.4, -0.2) is 18.4 Å². The Bertz CT molecular complexity index is 946. The van der Waals surface area contributed by atoms with Gasteiger partial charge in [-0.3, -0.25) is 9.59 Å². The lowest BCUT2D eigenvalue weighted by molar-refractivity contribution is -0.111. The molecule has 0 fully saturated rings. The topological polar surface area (TPSA) is 67.4 Å². The van der Waals surface area contributed by atoms with Gasteiger partial charge >= 0.3 is 0 Å². The molecule has 28 heavy (non-hydrogen) atoms. The van der Waals surface area contributed by atoms with E-state index in [1.165, 1.54) is 6.08 Å². The number of rotatable bonds is 7. The van der Waals surface area contributed by atoms with Crippen LogP contribution in [0.3, 0.4) is 0 Å². The number of carbonyl (C=O) groups excluding carboxylic acids is 2. The van der Waals surface area contributed by atoms with E-state index < -0.39 is 0 Å². The molecular formula is C22H20N2O3S. The summed E-state index contributed by atoms with van der Waals surface area (Å²) in [5.41, 5.74) is 1.81. The van der Waals surface area contributed by atoms with E-state index in [2.05, 4.69) is 10.6 Å². The SMILES string of the molecule is CCOc1ccc(NC(=O)c2ccc(NC(=O)/C=C/c3cccs3)cc2)cc1. The Kier molecular flexibility index (Phi) is 6.59. The van der Waals surface area contributed by atoms with Gasteiger partial charge in [0.15, 0.2) is 0 Å². The van der Waals surface area contributed by atoms with Crippen LogP contribution in [0.1, 0.15) is 22.2 Å². The second-order valence-corrected chi connectivity index (χ2v) is 6.81. The lowest BCUT2D eigenvalue weighted by Gasteiger charge is -2.08. The highest BCUT2D eigenvalue weighted by Gasteiger charge is 2.07. The van der Waals surface area contributed by atoms with Crippen LogP contribution in [0.15, 0.2) is 72.1 Å². The van der Waals surface area contributed by atoms with Crippen molar-refractivity contribution < 1.29 is 14.3 Å². The van der Waals surface area contributed by atoms with Crippen molar-refractivity contribution >= 4 is 40.6 Å². The molecule has 0 aliphatic heterocycles. The standard InChI is InChI=1S/C22H20N2O3S/c1-2-27-19-11-9-18(10-12-19)24-22(26)16-5-7-17(8-6-16)23-21(25)14-13-20-4-3-15-28-20/h3-15H,2H2,1H3,(H,23,25)(H,24,26)/b14-13+.